The van der Waals surface area contributed by atoms with Crippen LogP contribution in [-0.2, 0) is 11.3 Å². The molecular weight excluding hydrogens is 284 g/mol. The first-order chi connectivity index (χ1) is 7.95. The van der Waals surface area contributed by atoms with Gasteiger partial charge in [-0.05, 0) is 34.0 Å². The summed E-state index contributed by atoms with van der Waals surface area (Å²) in [5, 5.41) is 0. The Morgan fingerprint density at radius 1 is 1.59 bits per heavy atom. The van der Waals surface area contributed by atoms with E-state index in [0.29, 0.717) is 11.2 Å². The molecule has 0 aromatic carbocycles. The highest BCUT2D eigenvalue weighted by Crippen LogP contribution is 2.16. The number of nitrogens with two attached hydrogens (primary N) is 1. The van der Waals surface area contributed by atoms with Gasteiger partial charge in [0, 0.05) is 7.05 Å². The Labute approximate surface area is 110 Å². The summed E-state index contributed by atoms with van der Waals surface area (Å²) in [5.74, 6) is 0.879. The maximum Gasteiger partial charge on any atom is 0.239 e. The Kier molecular flexibility index (Phi) is 5.21. The molecule has 0 aliphatic rings. The van der Waals surface area contributed by atoms with Crippen LogP contribution in [0.4, 0.5) is 0 Å². The zero-order valence-electron chi connectivity index (χ0n) is 10.4. The lowest BCUT2D eigenvalue weighted by Gasteiger charge is -2.23. The summed E-state index contributed by atoms with van der Waals surface area (Å²) in [6.07, 6.45) is 0.896. The minimum Gasteiger partial charge on any atom is -0.452 e. The van der Waals surface area contributed by atoms with Crippen molar-refractivity contribution in [1.29, 1.82) is 0 Å². The highest BCUT2D eigenvalue weighted by Gasteiger charge is 2.23. The lowest BCUT2D eigenvalue weighted by atomic mass is 9.99. The first kappa shape index (κ1) is 14.3. The van der Waals surface area contributed by atoms with Crippen LogP contribution in [0.15, 0.2) is 21.2 Å². The third-order valence-electron chi connectivity index (χ3n) is 2.94. The molecule has 0 radical (unpaired) electrons. The number of hydrogen-bond donors (Lipinski definition) is 1. The minimum absolute atomic E-state index is 0.0492. The quantitative estimate of drug-likeness (QED) is 0.908. The molecule has 1 rings (SSSR count). The molecule has 2 N–H and O–H groups in total. The number of halogens is 1. The van der Waals surface area contributed by atoms with Crippen molar-refractivity contribution < 1.29 is 9.21 Å². The molecule has 0 aliphatic heterocycles. The Morgan fingerprint density at radius 3 is 2.71 bits per heavy atom. The third kappa shape index (κ3) is 3.85. The monoisotopic (exact) mass is 302 g/mol. The predicted octanol–water partition coefficient (Wildman–Crippen LogP) is 2.37. The van der Waals surface area contributed by atoms with Gasteiger partial charge in [0.2, 0.25) is 5.91 Å². The van der Waals surface area contributed by atoms with Crippen LogP contribution in [0.5, 0.6) is 0 Å². The smallest absolute Gasteiger partial charge is 0.239 e. The number of hydrogen-bond acceptors (Lipinski definition) is 3. The summed E-state index contributed by atoms with van der Waals surface area (Å²) in [7, 11) is 1.74. The molecule has 96 valence electrons. The summed E-state index contributed by atoms with van der Waals surface area (Å²) < 4.78 is 6.02. The Morgan fingerprint density at radius 2 is 2.24 bits per heavy atom. The van der Waals surface area contributed by atoms with Gasteiger partial charge in [-0.3, -0.25) is 4.79 Å². The molecule has 0 saturated heterocycles. The van der Waals surface area contributed by atoms with Crippen LogP contribution in [0, 0.1) is 5.92 Å². The van der Waals surface area contributed by atoms with E-state index in [-0.39, 0.29) is 11.8 Å². The first-order valence-electron chi connectivity index (χ1n) is 5.70. The summed E-state index contributed by atoms with van der Waals surface area (Å²) in [6, 6.07) is 3.20. The van der Waals surface area contributed by atoms with Gasteiger partial charge in [-0.2, -0.15) is 0 Å². The molecule has 1 heterocycles. The van der Waals surface area contributed by atoms with E-state index in [0.717, 1.165) is 12.2 Å². The molecule has 1 aromatic rings. The Balaban J connectivity index is 2.58. The van der Waals surface area contributed by atoms with E-state index < -0.39 is 6.04 Å². The van der Waals surface area contributed by atoms with E-state index in [2.05, 4.69) is 15.9 Å². The van der Waals surface area contributed by atoms with Gasteiger partial charge in [-0.1, -0.05) is 20.3 Å². The van der Waals surface area contributed by atoms with Crippen molar-refractivity contribution in [3.63, 3.8) is 0 Å². The zero-order valence-corrected chi connectivity index (χ0v) is 12.0. The van der Waals surface area contributed by atoms with E-state index in [1.165, 1.54) is 0 Å². The molecule has 0 aliphatic carbocycles. The number of carbonyl (C=O) groups excluding carboxylic acids is 1. The van der Waals surface area contributed by atoms with E-state index in [4.69, 9.17) is 10.2 Å². The second-order valence-corrected chi connectivity index (χ2v) is 5.09. The molecule has 0 bridgehead atoms. The van der Waals surface area contributed by atoms with Crippen molar-refractivity contribution in [2.24, 2.45) is 11.7 Å². The molecule has 1 aromatic heterocycles. The molecule has 0 saturated carbocycles. The number of furan rings is 1. The van der Waals surface area contributed by atoms with Crippen molar-refractivity contribution in [2.75, 3.05) is 7.05 Å². The SMILES string of the molecule is CC[C@H](C)[C@H](N)C(=O)N(C)Cc1ccc(Br)o1. The standard InChI is InChI=1S/C12H19BrN2O2/c1-4-8(2)11(14)12(16)15(3)7-9-5-6-10(13)17-9/h5-6,8,11H,4,7,14H2,1-3H3/t8-,11-/m0/s1. The van der Waals surface area contributed by atoms with Gasteiger partial charge in [0.05, 0.1) is 12.6 Å². The number of nitrogens with zero attached hydrogens (tertiary/aromatic N) is 1. The normalized spacial score (nSPS) is 14.4. The molecule has 0 fully saturated rings. The van der Waals surface area contributed by atoms with Crippen molar-refractivity contribution >= 4 is 21.8 Å². The summed E-state index contributed by atoms with van der Waals surface area (Å²) in [6.45, 7) is 4.45. The molecular formula is C12H19BrN2O2. The minimum atomic E-state index is -0.441. The van der Waals surface area contributed by atoms with Crippen molar-refractivity contribution in [3.8, 4) is 0 Å². The van der Waals surface area contributed by atoms with Crippen LogP contribution in [0.25, 0.3) is 0 Å². The summed E-state index contributed by atoms with van der Waals surface area (Å²) in [4.78, 5) is 13.6. The van der Waals surface area contributed by atoms with Crippen LogP contribution < -0.4 is 5.73 Å². The van der Waals surface area contributed by atoms with Gasteiger partial charge < -0.3 is 15.1 Å². The molecule has 17 heavy (non-hydrogen) atoms. The molecule has 2 atom stereocenters. The van der Waals surface area contributed by atoms with Gasteiger partial charge in [0.1, 0.15) is 5.76 Å². The lowest BCUT2D eigenvalue weighted by molar-refractivity contribution is -0.133. The Bertz CT molecular complexity index is 378. The Hall–Kier alpha value is -0.810. The fraction of sp³-hybridized carbons (Fsp3) is 0.583. The summed E-state index contributed by atoms with van der Waals surface area (Å²) >= 11 is 3.23. The van der Waals surface area contributed by atoms with E-state index >= 15 is 0 Å². The fourth-order valence-electron chi connectivity index (χ4n) is 1.50. The lowest BCUT2D eigenvalue weighted by Crippen LogP contribution is -2.45. The third-order valence-corrected chi connectivity index (χ3v) is 3.37. The van der Waals surface area contributed by atoms with Crippen molar-refractivity contribution in [3.05, 3.63) is 22.6 Å². The maximum absolute atomic E-state index is 12.0. The number of amides is 1. The van der Waals surface area contributed by atoms with Crippen LogP contribution in [0.2, 0.25) is 0 Å². The van der Waals surface area contributed by atoms with Gasteiger partial charge in [-0.15, -0.1) is 0 Å². The molecule has 0 spiro atoms. The number of carbonyl (C=O) groups is 1. The van der Waals surface area contributed by atoms with Crippen LogP contribution >= 0.6 is 15.9 Å². The van der Waals surface area contributed by atoms with E-state index in [1.54, 1.807) is 11.9 Å². The highest BCUT2D eigenvalue weighted by atomic mass is 79.9. The second kappa shape index (κ2) is 6.21. The highest BCUT2D eigenvalue weighted by molar-refractivity contribution is 9.10. The van der Waals surface area contributed by atoms with E-state index in [9.17, 15) is 4.79 Å². The van der Waals surface area contributed by atoms with Gasteiger partial charge in [0.15, 0.2) is 4.67 Å². The average Bonchev–Trinajstić information content (AvgIpc) is 2.71. The first-order valence-corrected chi connectivity index (χ1v) is 6.49. The summed E-state index contributed by atoms with van der Waals surface area (Å²) in [5.41, 5.74) is 5.90. The second-order valence-electron chi connectivity index (χ2n) is 4.31. The largest absolute Gasteiger partial charge is 0.452 e. The molecule has 5 heteroatoms. The fourth-order valence-corrected chi connectivity index (χ4v) is 1.84. The number of rotatable bonds is 5. The van der Waals surface area contributed by atoms with Crippen LogP contribution in [0.1, 0.15) is 26.0 Å². The zero-order chi connectivity index (χ0) is 13.0. The van der Waals surface area contributed by atoms with Crippen LogP contribution in [0.3, 0.4) is 0 Å². The van der Waals surface area contributed by atoms with Gasteiger partial charge in [0.25, 0.3) is 0 Å². The molecule has 4 nitrogen and oxygen atoms in total. The van der Waals surface area contributed by atoms with Gasteiger partial charge >= 0.3 is 0 Å². The average molecular weight is 303 g/mol. The maximum atomic E-state index is 12.0. The van der Waals surface area contributed by atoms with Crippen molar-refractivity contribution in [1.82, 2.24) is 4.90 Å². The van der Waals surface area contributed by atoms with Gasteiger partial charge in [-0.25, -0.2) is 0 Å². The topological polar surface area (TPSA) is 59.5 Å². The van der Waals surface area contributed by atoms with Crippen molar-refractivity contribution in [2.45, 2.75) is 32.9 Å². The molecule has 1 amide bonds. The predicted molar refractivity (Wildman–Crippen MR) is 70.3 cm³/mol. The van der Waals surface area contributed by atoms with Crippen LogP contribution in [-0.4, -0.2) is 23.9 Å². The van der Waals surface area contributed by atoms with E-state index in [1.807, 2.05) is 26.0 Å². The number of likely N-dealkylation sites (N-methyl/N-ethyl adjacent to an activating group) is 1. The molecule has 0 unspecified atom stereocenters.